The van der Waals surface area contributed by atoms with Gasteiger partial charge in [0.2, 0.25) is 5.91 Å². The second-order valence-corrected chi connectivity index (χ2v) is 5.20. The fourth-order valence-corrected chi connectivity index (χ4v) is 2.33. The van der Waals surface area contributed by atoms with Gasteiger partial charge in [-0.15, -0.1) is 0 Å². The van der Waals surface area contributed by atoms with Crippen molar-refractivity contribution in [2.45, 2.75) is 13.3 Å². The highest BCUT2D eigenvalue weighted by molar-refractivity contribution is 5.95. The first-order chi connectivity index (χ1) is 8.53. The maximum Gasteiger partial charge on any atom is 0.231 e. The van der Waals surface area contributed by atoms with E-state index in [1.807, 2.05) is 14.0 Å². The molecule has 1 fully saturated rings. The molecule has 1 aromatic rings. The van der Waals surface area contributed by atoms with Gasteiger partial charge in [0.05, 0.1) is 17.0 Å². The van der Waals surface area contributed by atoms with Crippen molar-refractivity contribution in [3.05, 3.63) is 29.8 Å². The molecule has 0 saturated carbocycles. The Bertz CT molecular complexity index is 506. The second kappa shape index (κ2) is 4.79. The normalized spacial score (nSPS) is 23.6. The summed E-state index contributed by atoms with van der Waals surface area (Å²) in [7, 11) is 2.02. The summed E-state index contributed by atoms with van der Waals surface area (Å²) in [5.41, 5.74) is 0.911. The van der Waals surface area contributed by atoms with Crippen molar-refractivity contribution >= 4 is 11.6 Å². The van der Waals surface area contributed by atoms with Crippen molar-refractivity contribution in [2.75, 3.05) is 25.5 Å². The van der Waals surface area contributed by atoms with Gasteiger partial charge in [0.15, 0.2) is 0 Å². The van der Waals surface area contributed by atoms with E-state index in [9.17, 15) is 4.79 Å². The minimum atomic E-state index is -0.336. The van der Waals surface area contributed by atoms with Crippen LogP contribution in [-0.4, -0.2) is 30.9 Å². The summed E-state index contributed by atoms with van der Waals surface area (Å²) >= 11 is 0. The number of nitrogens with zero attached hydrogens (tertiary/aromatic N) is 2. The molecule has 1 aromatic carbocycles. The van der Waals surface area contributed by atoms with Gasteiger partial charge in [-0.3, -0.25) is 4.79 Å². The number of anilines is 1. The predicted molar refractivity (Wildman–Crippen MR) is 70.0 cm³/mol. The average molecular weight is 243 g/mol. The highest BCUT2D eigenvalue weighted by Gasteiger charge is 2.38. The predicted octanol–water partition coefficient (Wildman–Crippen LogP) is 1.84. The highest BCUT2D eigenvalue weighted by Crippen LogP contribution is 2.30. The monoisotopic (exact) mass is 243 g/mol. The Kier molecular flexibility index (Phi) is 3.35. The first-order valence-electron chi connectivity index (χ1n) is 6.04. The van der Waals surface area contributed by atoms with Crippen LogP contribution in [0.4, 0.5) is 5.69 Å². The SMILES string of the molecule is CN1CCC(C)(C(=O)Nc2cccc(C#N)c2)C1. The smallest absolute Gasteiger partial charge is 0.231 e. The zero-order valence-corrected chi connectivity index (χ0v) is 10.7. The van der Waals surface area contributed by atoms with Gasteiger partial charge in [0.25, 0.3) is 0 Å². The van der Waals surface area contributed by atoms with Crippen LogP contribution in [0.25, 0.3) is 0 Å². The minimum Gasteiger partial charge on any atom is -0.326 e. The van der Waals surface area contributed by atoms with E-state index >= 15 is 0 Å². The van der Waals surface area contributed by atoms with E-state index in [1.54, 1.807) is 24.3 Å². The van der Waals surface area contributed by atoms with E-state index in [1.165, 1.54) is 0 Å². The van der Waals surface area contributed by atoms with Crippen LogP contribution < -0.4 is 5.32 Å². The zero-order valence-electron chi connectivity index (χ0n) is 10.7. The molecular formula is C14H17N3O. The molecular weight excluding hydrogens is 226 g/mol. The van der Waals surface area contributed by atoms with Crippen molar-refractivity contribution in [3.63, 3.8) is 0 Å². The third-order valence-electron chi connectivity index (χ3n) is 3.46. The first-order valence-corrected chi connectivity index (χ1v) is 6.04. The second-order valence-electron chi connectivity index (χ2n) is 5.20. The number of carbonyl (C=O) groups excluding carboxylic acids is 1. The van der Waals surface area contributed by atoms with Crippen molar-refractivity contribution in [1.29, 1.82) is 5.26 Å². The number of carbonyl (C=O) groups is 1. The van der Waals surface area contributed by atoms with Crippen LogP contribution in [0.5, 0.6) is 0 Å². The fraction of sp³-hybridized carbons (Fsp3) is 0.429. The summed E-state index contributed by atoms with van der Waals surface area (Å²) in [5.74, 6) is 0.0296. The van der Waals surface area contributed by atoms with Crippen LogP contribution in [-0.2, 0) is 4.79 Å². The summed E-state index contributed by atoms with van der Waals surface area (Å²) < 4.78 is 0. The lowest BCUT2D eigenvalue weighted by atomic mass is 9.88. The van der Waals surface area contributed by atoms with Crippen LogP contribution in [0.3, 0.4) is 0 Å². The molecule has 1 amide bonds. The van der Waals surface area contributed by atoms with E-state index in [4.69, 9.17) is 5.26 Å². The summed E-state index contributed by atoms with van der Waals surface area (Å²) in [6, 6.07) is 9.07. The summed E-state index contributed by atoms with van der Waals surface area (Å²) in [4.78, 5) is 14.4. The number of likely N-dealkylation sites (tertiary alicyclic amines) is 1. The molecule has 1 N–H and O–H groups in total. The minimum absolute atomic E-state index is 0.0296. The molecule has 4 heteroatoms. The lowest BCUT2D eigenvalue weighted by molar-refractivity contribution is -0.124. The summed E-state index contributed by atoms with van der Waals surface area (Å²) in [6.45, 7) is 3.71. The van der Waals surface area contributed by atoms with Gasteiger partial charge in [-0.05, 0) is 45.1 Å². The van der Waals surface area contributed by atoms with Crippen LogP contribution in [0.2, 0.25) is 0 Å². The van der Waals surface area contributed by atoms with E-state index in [-0.39, 0.29) is 11.3 Å². The number of rotatable bonds is 2. The lowest BCUT2D eigenvalue weighted by Crippen LogP contribution is -2.35. The van der Waals surface area contributed by atoms with E-state index in [2.05, 4.69) is 16.3 Å². The Morgan fingerprint density at radius 2 is 2.33 bits per heavy atom. The molecule has 94 valence electrons. The molecule has 0 bridgehead atoms. The quantitative estimate of drug-likeness (QED) is 0.862. The van der Waals surface area contributed by atoms with Gasteiger partial charge in [0, 0.05) is 12.2 Å². The number of nitriles is 1. The van der Waals surface area contributed by atoms with Crippen molar-refractivity contribution in [1.82, 2.24) is 4.90 Å². The Morgan fingerprint density at radius 1 is 1.56 bits per heavy atom. The van der Waals surface area contributed by atoms with Crippen molar-refractivity contribution < 1.29 is 4.79 Å². The molecule has 0 radical (unpaired) electrons. The Morgan fingerprint density at radius 3 is 2.94 bits per heavy atom. The number of benzene rings is 1. The Hall–Kier alpha value is -1.86. The lowest BCUT2D eigenvalue weighted by Gasteiger charge is -2.22. The molecule has 1 unspecified atom stereocenters. The molecule has 0 spiro atoms. The van der Waals surface area contributed by atoms with E-state index in [0.29, 0.717) is 11.3 Å². The standard InChI is InChI=1S/C14H17N3O/c1-14(6-7-17(2)10-14)13(18)16-12-5-3-4-11(8-12)9-15/h3-5,8H,6-7,10H2,1-2H3,(H,16,18). The Balaban J connectivity index is 2.10. The number of amides is 1. The van der Waals surface area contributed by atoms with Gasteiger partial charge < -0.3 is 10.2 Å². The summed E-state index contributed by atoms with van der Waals surface area (Å²) in [5, 5.41) is 11.7. The van der Waals surface area contributed by atoms with E-state index in [0.717, 1.165) is 19.5 Å². The third-order valence-corrected chi connectivity index (χ3v) is 3.46. The number of hydrogen-bond acceptors (Lipinski definition) is 3. The molecule has 1 aliphatic rings. The number of nitrogens with one attached hydrogen (secondary N) is 1. The molecule has 0 aromatic heterocycles. The van der Waals surface area contributed by atoms with Crippen LogP contribution in [0.1, 0.15) is 18.9 Å². The van der Waals surface area contributed by atoms with Gasteiger partial charge in [0.1, 0.15) is 0 Å². The topological polar surface area (TPSA) is 56.1 Å². The molecule has 1 saturated heterocycles. The molecule has 18 heavy (non-hydrogen) atoms. The van der Waals surface area contributed by atoms with Crippen LogP contribution in [0, 0.1) is 16.7 Å². The molecule has 1 aliphatic heterocycles. The fourth-order valence-electron chi connectivity index (χ4n) is 2.33. The largest absolute Gasteiger partial charge is 0.326 e. The van der Waals surface area contributed by atoms with Gasteiger partial charge in [-0.1, -0.05) is 6.07 Å². The first kappa shape index (κ1) is 12.6. The Labute approximate surface area is 107 Å². The molecule has 4 nitrogen and oxygen atoms in total. The zero-order chi connectivity index (χ0) is 13.2. The van der Waals surface area contributed by atoms with Gasteiger partial charge in [-0.25, -0.2) is 0 Å². The third kappa shape index (κ3) is 2.52. The molecule has 2 rings (SSSR count). The van der Waals surface area contributed by atoms with Gasteiger partial charge >= 0.3 is 0 Å². The molecule has 0 aliphatic carbocycles. The average Bonchev–Trinajstić information content (AvgIpc) is 2.71. The highest BCUT2D eigenvalue weighted by atomic mass is 16.2. The molecule has 1 heterocycles. The molecule has 1 atom stereocenters. The van der Waals surface area contributed by atoms with Crippen molar-refractivity contribution in [3.8, 4) is 6.07 Å². The van der Waals surface area contributed by atoms with Crippen molar-refractivity contribution in [2.24, 2.45) is 5.41 Å². The van der Waals surface area contributed by atoms with E-state index < -0.39 is 0 Å². The summed E-state index contributed by atoms with van der Waals surface area (Å²) in [6.07, 6.45) is 0.868. The van der Waals surface area contributed by atoms with Gasteiger partial charge in [-0.2, -0.15) is 5.26 Å². The number of hydrogen-bond donors (Lipinski definition) is 1. The van der Waals surface area contributed by atoms with Crippen LogP contribution in [0.15, 0.2) is 24.3 Å². The maximum atomic E-state index is 12.3. The van der Waals surface area contributed by atoms with Crippen LogP contribution >= 0.6 is 0 Å². The maximum absolute atomic E-state index is 12.3.